The molecule has 0 bridgehead atoms. The second kappa shape index (κ2) is 5.72. The van der Waals surface area contributed by atoms with Crippen LogP contribution in [0.4, 0.5) is 0 Å². The molecule has 0 spiro atoms. The lowest BCUT2D eigenvalue weighted by Crippen LogP contribution is -2.01. The topological polar surface area (TPSA) is 32.6 Å². The summed E-state index contributed by atoms with van der Waals surface area (Å²) in [5, 5.41) is 8.80. The van der Waals surface area contributed by atoms with E-state index in [-0.39, 0.29) is 12.5 Å². The average molecular weight is 167 g/mol. The van der Waals surface area contributed by atoms with Crippen molar-refractivity contribution >= 4 is 5.71 Å². The van der Waals surface area contributed by atoms with Crippen LogP contribution in [0.2, 0.25) is 0 Å². The normalized spacial score (nSPS) is 15.2. The van der Waals surface area contributed by atoms with E-state index < -0.39 is 0 Å². The van der Waals surface area contributed by atoms with Crippen LogP contribution in [0.25, 0.3) is 0 Å². The number of hydrogen-bond acceptors (Lipinski definition) is 2. The summed E-state index contributed by atoms with van der Waals surface area (Å²) in [4.78, 5) is 3.97. The summed E-state index contributed by atoms with van der Waals surface area (Å²) in [6.07, 6.45) is 3.79. The Morgan fingerprint density at radius 1 is 1.58 bits per heavy atom. The van der Waals surface area contributed by atoms with Crippen LogP contribution in [-0.4, -0.2) is 24.5 Å². The van der Waals surface area contributed by atoms with Crippen LogP contribution in [0, 0.1) is 5.92 Å². The highest BCUT2D eigenvalue weighted by Gasteiger charge is 2.00. The van der Waals surface area contributed by atoms with Gasteiger partial charge in [-0.3, -0.25) is 4.99 Å². The smallest absolute Gasteiger partial charge is 0.0496 e. The molecule has 0 aliphatic rings. The summed E-state index contributed by atoms with van der Waals surface area (Å²) in [7, 11) is 1.75. The molecule has 1 atom stereocenters. The monoisotopic (exact) mass is 167 g/mol. The Morgan fingerprint density at radius 3 is 2.58 bits per heavy atom. The van der Waals surface area contributed by atoms with Crippen molar-refractivity contribution in [1.29, 1.82) is 0 Å². The van der Waals surface area contributed by atoms with Gasteiger partial charge in [-0.15, -0.1) is 0 Å². The second-order valence-electron chi connectivity index (χ2n) is 2.86. The van der Waals surface area contributed by atoms with Crippen molar-refractivity contribution in [2.24, 2.45) is 10.9 Å². The molecule has 0 aliphatic carbocycles. The molecule has 0 rings (SSSR count). The summed E-state index contributed by atoms with van der Waals surface area (Å²) >= 11 is 0. The molecular formula is C10H17NO. The van der Waals surface area contributed by atoms with E-state index in [1.54, 1.807) is 7.05 Å². The molecule has 1 N–H and O–H groups in total. The molecule has 0 aromatic heterocycles. The van der Waals surface area contributed by atoms with E-state index in [0.29, 0.717) is 0 Å². The molecule has 68 valence electrons. The lowest BCUT2D eigenvalue weighted by atomic mass is 10.0. The number of aliphatic hydroxyl groups is 1. The summed E-state index contributed by atoms with van der Waals surface area (Å²) in [5.74, 6) is 0.130. The number of aliphatic imine (C=N–C) groups is 1. The van der Waals surface area contributed by atoms with Crippen LogP contribution in [0.5, 0.6) is 0 Å². The minimum absolute atomic E-state index is 0.130. The van der Waals surface area contributed by atoms with Gasteiger partial charge in [0, 0.05) is 25.3 Å². The largest absolute Gasteiger partial charge is 0.396 e. The van der Waals surface area contributed by atoms with Gasteiger partial charge >= 0.3 is 0 Å². The third-order valence-electron chi connectivity index (χ3n) is 1.80. The zero-order chi connectivity index (χ0) is 9.56. The molecule has 0 aromatic carbocycles. The summed E-state index contributed by atoms with van der Waals surface area (Å²) < 4.78 is 0. The number of hydrogen-bond donors (Lipinski definition) is 1. The van der Waals surface area contributed by atoms with Gasteiger partial charge in [0.25, 0.3) is 0 Å². The lowest BCUT2D eigenvalue weighted by molar-refractivity contribution is 0.258. The zero-order valence-corrected chi connectivity index (χ0v) is 8.04. The first-order valence-electron chi connectivity index (χ1n) is 4.03. The molecular weight excluding hydrogens is 150 g/mol. The molecule has 0 heterocycles. The zero-order valence-electron chi connectivity index (χ0n) is 8.04. The maximum Gasteiger partial charge on any atom is 0.0496 e. The van der Waals surface area contributed by atoms with Gasteiger partial charge in [-0.2, -0.15) is 0 Å². The van der Waals surface area contributed by atoms with Crippen LogP contribution in [0.15, 0.2) is 29.3 Å². The third-order valence-corrected chi connectivity index (χ3v) is 1.80. The van der Waals surface area contributed by atoms with Gasteiger partial charge in [0.1, 0.15) is 0 Å². The van der Waals surface area contributed by atoms with E-state index in [1.165, 1.54) is 0 Å². The molecule has 0 aliphatic heterocycles. The average Bonchev–Trinajstić information content (AvgIpc) is 2.11. The number of allylic oxidation sites excluding steroid dienone is 2. The lowest BCUT2D eigenvalue weighted by Gasteiger charge is -2.06. The van der Waals surface area contributed by atoms with Gasteiger partial charge in [0.15, 0.2) is 0 Å². The highest BCUT2D eigenvalue weighted by molar-refractivity contribution is 5.92. The van der Waals surface area contributed by atoms with E-state index in [4.69, 9.17) is 5.11 Å². The molecule has 2 heteroatoms. The Kier molecular flexibility index (Phi) is 5.30. The van der Waals surface area contributed by atoms with Crippen molar-refractivity contribution in [3.63, 3.8) is 0 Å². The Bertz CT molecular complexity index is 204. The standard InChI is InChI=1S/C10H17NO/c1-8(9(2)7-12)5-6-10(3)11-4/h5-6,9,12H,1,7H2,2-4H3/b6-5-,11-10?. The molecule has 0 amide bonds. The third kappa shape index (κ3) is 4.09. The molecule has 0 saturated carbocycles. The van der Waals surface area contributed by atoms with Crippen molar-refractivity contribution in [2.75, 3.05) is 13.7 Å². The van der Waals surface area contributed by atoms with E-state index >= 15 is 0 Å². The maximum absolute atomic E-state index is 8.80. The van der Waals surface area contributed by atoms with E-state index in [2.05, 4.69) is 11.6 Å². The van der Waals surface area contributed by atoms with Crippen molar-refractivity contribution in [3.8, 4) is 0 Å². The highest BCUT2D eigenvalue weighted by Crippen LogP contribution is 2.07. The predicted molar refractivity (Wildman–Crippen MR) is 53.6 cm³/mol. The number of nitrogens with zero attached hydrogens (tertiary/aromatic N) is 1. The van der Waals surface area contributed by atoms with Gasteiger partial charge in [-0.25, -0.2) is 0 Å². The van der Waals surface area contributed by atoms with Gasteiger partial charge in [-0.05, 0) is 13.0 Å². The SMILES string of the molecule is C=C(/C=C\C(C)=NC)C(C)CO. The molecule has 12 heavy (non-hydrogen) atoms. The first-order chi connectivity index (χ1) is 5.61. The predicted octanol–water partition coefficient (Wildman–Crippen LogP) is 1.82. The first kappa shape index (κ1) is 11.1. The Hall–Kier alpha value is -0.890. The molecule has 1 unspecified atom stereocenters. The van der Waals surface area contributed by atoms with Crippen molar-refractivity contribution in [1.82, 2.24) is 0 Å². The van der Waals surface area contributed by atoms with Crippen LogP contribution in [0.3, 0.4) is 0 Å². The van der Waals surface area contributed by atoms with Gasteiger partial charge in [0.2, 0.25) is 0 Å². The Balaban J connectivity index is 4.09. The molecule has 2 nitrogen and oxygen atoms in total. The first-order valence-corrected chi connectivity index (χ1v) is 4.03. The van der Waals surface area contributed by atoms with Crippen LogP contribution < -0.4 is 0 Å². The van der Waals surface area contributed by atoms with Gasteiger partial charge < -0.3 is 5.11 Å². The van der Waals surface area contributed by atoms with Crippen molar-refractivity contribution in [2.45, 2.75) is 13.8 Å². The van der Waals surface area contributed by atoms with Crippen LogP contribution >= 0.6 is 0 Å². The fraction of sp³-hybridized carbons (Fsp3) is 0.500. The van der Waals surface area contributed by atoms with Gasteiger partial charge in [0.05, 0.1) is 0 Å². The van der Waals surface area contributed by atoms with Crippen LogP contribution in [0.1, 0.15) is 13.8 Å². The fourth-order valence-corrected chi connectivity index (χ4v) is 0.584. The quantitative estimate of drug-likeness (QED) is 0.502. The van der Waals surface area contributed by atoms with Crippen molar-refractivity contribution < 1.29 is 5.11 Å². The van der Waals surface area contributed by atoms with Crippen molar-refractivity contribution in [3.05, 3.63) is 24.3 Å². The molecule has 0 radical (unpaired) electrons. The second-order valence-corrected chi connectivity index (χ2v) is 2.86. The Labute approximate surface area is 74.3 Å². The summed E-state index contributed by atoms with van der Waals surface area (Å²) in [6.45, 7) is 7.83. The molecule has 0 fully saturated rings. The summed E-state index contributed by atoms with van der Waals surface area (Å²) in [5.41, 5.74) is 1.89. The molecule has 0 saturated heterocycles. The number of aliphatic hydroxyl groups excluding tert-OH is 1. The minimum atomic E-state index is 0.130. The number of rotatable bonds is 4. The van der Waals surface area contributed by atoms with Gasteiger partial charge in [-0.1, -0.05) is 25.2 Å². The van der Waals surface area contributed by atoms with Crippen LogP contribution in [-0.2, 0) is 0 Å². The summed E-state index contributed by atoms with van der Waals surface area (Å²) in [6, 6.07) is 0. The highest BCUT2D eigenvalue weighted by atomic mass is 16.3. The van der Waals surface area contributed by atoms with E-state index in [9.17, 15) is 0 Å². The Morgan fingerprint density at radius 2 is 2.17 bits per heavy atom. The fourth-order valence-electron chi connectivity index (χ4n) is 0.584. The minimum Gasteiger partial charge on any atom is -0.396 e. The van der Waals surface area contributed by atoms with E-state index in [0.717, 1.165) is 11.3 Å². The maximum atomic E-state index is 8.80. The van der Waals surface area contributed by atoms with E-state index in [1.807, 2.05) is 26.0 Å². The molecule has 0 aromatic rings.